The third-order valence-corrected chi connectivity index (χ3v) is 3.60. The van der Waals surface area contributed by atoms with Crippen LogP contribution in [0.4, 0.5) is 8.78 Å². The quantitative estimate of drug-likeness (QED) is 0.848. The van der Waals surface area contributed by atoms with Crippen LogP contribution >= 0.6 is 0 Å². The molecule has 108 valence electrons. The SMILES string of the molecule is NC(=O)C1CCN(CC(=O)c2c(F)cccc2F)CC1. The van der Waals surface area contributed by atoms with Gasteiger partial charge in [-0.25, -0.2) is 8.78 Å². The Morgan fingerprint density at radius 1 is 1.20 bits per heavy atom. The van der Waals surface area contributed by atoms with Gasteiger partial charge in [0.05, 0.1) is 12.1 Å². The molecule has 0 bridgehead atoms. The van der Waals surface area contributed by atoms with Crippen LogP contribution in [0, 0.1) is 17.6 Å². The van der Waals surface area contributed by atoms with Crippen LogP contribution in [0.15, 0.2) is 18.2 Å². The van der Waals surface area contributed by atoms with Gasteiger partial charge in [0, 0.05) is 5.92 Å². The van der Waals surface area contributed by atoms with Gasteiger partial charge in [-0.05, 0) is 38.1 Å². The number of Topliss-reactive ketones (excluding diaryl/α,β-unsaturated/α-hetero) is 1. The first-order chi connectivity index (χ1) is 9.49. The normalized spacial score (nSPS) is 17.1. The van der Waals surface area contributed by atoms with Gasteiger partial charge in [0.25, 0.3) is 0 Å². The van der Waals surface area contributed by atoms with Gasteiger partial charge in [-0.1, -0.05) is 6.07 Å². The number of nitrogens with zero attached hydrogens (tertiary/aromatic N) is 1. The highest BCUT2D eigenvalue weighted by atomic mass is 19.1. The average molecular weight is 282 g/mol. The van der Waals surface area contributed by atoms with Crippen molar-refractivity contribution in [3.8, 4) is 0 Å². The van der Waals surface area contributed by atoms with E-state index in [4.69, 9.17) is 5.73 Å². The van der Waals surface area contributed by atoms with Crippen molar-refractivity contribution in [1.29, 1.82) is 0 Å². The van der Waals surface area contributed by atoms with Gasteiger partial charge in [-0.3, -0.25) is 14.5 Å². The molecule has 1 amide bonds. The van der Waals surface area contributed by atoms with E-state index in [0.717, 1.165) is 12.1 Å². The lowest BCUT2D eigenvalue weighted by Gasteiger charge is -2.29. The summed E-state index contributed by atoms with van der Waals surface area (Å²) in [5, 5.41) is 0. The van der Waals surface area contributed by atoms with Gasteiger partial charge < -0.3 is 5.73 Å². The van der Waals surface area contributed by atoms with Crippen molar-refractivity contribution < 1.29 is 18.4 Å². The second kappa shape index (κ2) is 6.09. The minimum absolute atomic E-state index is 0.0522. The summed E-state index contributed by atoms with van der Waals surface area (Å²) in [7, 11) is 0. The van der Waals surface area contributed by atoms with Crippen LogP contribution in [0.2, 0.25) is 0 Å². The van der Waals surface area contributed by atoms with E-state index in [9.17, 15) is 18.4 Å². The Morgan fingerprint density at radius 3 is 2.25 bits per heavy atom. The first-order valence-corrected chi connectivity index (χ1v) is 6.48. The Morgan fingerprint density at radius 2 is 1.75 bits per heavy atom. The second-order valence-electron chi connectivity index (χ2n) is 4.97. The highest BCUT2D eigenvalue weighted by Crippen LogP contribution is 2.18. The van der Waals surface area contributed by atoms with E-state index < -0.39 is 23.0 Å². The number of piperidine rings is 1. The maximum atomic E-state index is 13.5. The average Bonchev–Trinajstić information content (AvgIpc) is 2.39. The van der Waals surface area contributed by atoms with Crippen molar-refractivity contribution in [2.45, 2.75) is 12.8 Å². The Bertz CT molecular complexity index is 506. The number of hydrogen-bond acceptors (Lipinski definition) is 3. The summed E-state index contributed by atoms with van der Waals surface area (Å²) < 4.78 is 27.0. The van der Waals surface area contributed by atoms with Gasteiger partial charge >= 0.3 is 0 Å². The molecule has 1 aliphatic heterocycles. The van der Waals surface area contributed by atoms with E-state index in [1.165, 1.54) is 6.07 Å². The lowest BCUT2D eigenvalue weighted by Crippen LogP contribution is -2.41. The monoisotopic (exact) mass is 282 g/mol. The fourth-order valence-corrected chi connectivity index (χ4v) is 2.42. The van der Waals surface area contributed by atoms with Crippen LogP contribution in [0.3, 0.4) is 0 Å². The lowest BCUT2D eigenvalue weighted by molar-refractivity contribution is -0.123. The molecule has 1 saturated heterocycles. The summed E-state index contributed by atoms with van der Waals surface area (Å²) >= 11 is 0. The van der Waals surface area contributed by atoms with Gasteiger partial charge in [-0.2, -0.15) is 0 Å². The van der Waals surface area contributed by atoms with Crippen LogP contribution in [0.5, 0.6) is 0 Å². The van der Waals surface area contributed by atoms with E-state index in [-0.39, 0.29) is 18.4 Å². The van der Waals surface area contributed by atoms with Gasteiger partial charge in [0.1, 0.15) is 11.6 Å². The molecule has 1 heterocycles. The fraction of sp³-hybridized carbons (Fsp3) is 0.429. The zero-order valence-electron chi connectivity index (χ0n) is 10.9. The summed E-state index contributed by atoms with van der Waals surface area (Å²) in [6.45, 7) is 0.994. The number of primary amides is 1. The third kappa shape index (κ3) is 3.19. The lowest BCUT2D eigenvalue weighted by atomic mass is 9.96. The topological polar surface area (TPSA) is 63.4 Å². The Balaban J connectivity index is 1.98. The molecule has 1 fully saturated rings. The number of nitrogens with two attached hydrogens (primary N) is 1. The number of likely N-dealkylation sites (tertiary alicyclic amines) is 1. The van der Waals surface area contributed by atoms with E-state index in [0.29, 0.717) is 25.9 Å². The van der Waals surface area contributed by atoms with Crippen molar-refractivity contribution >= 4 is 11.7 Å². The first kappa shape index (κ1) is 14.6. The number of ketones is 1. The standard InChI is InChI=1S/C14H16F2N2O2/c15-10-2-1-3-11(16)13(10)12(19)8-18-6-4-9(5-7-18)14(17)20/h1-3,9H,4-8H2,(H2,17,20). The molecule has 20 heavy (non-hydrogen) atoms. The molecule has 1 aliphatic rings. The van der Waals surface area contributed by atoms with E-state index >= 15 is 0 Å². The molecular weight excluding hydrogens is 266 g/mol. The van der Waals surface area contributed by atoms with Crippen molar-refractivity contribution in [2.24, 2.45) is 11.7 Å². The zero-order chi connectivity index (χ0) is 14.7. The van der Waals surface area contributed by atoms with Crippen LogP contribution in [-0.4, -0.2) is 36.2 Å². The molecule has 0 radical (unpaired) electrons. The number of rotatable bonds is 4. The molecule has 1 aromatic carbocycles. The summed E-state index contributed by atoms with van der Waals surface area (Å²) in [4.78, 5) is 24.8. The zero-order valence-corrected chi connectivity index (χ0v) is 10.9. The molecule has 2 rings (SSSR count). The highest BCUT2D eigenvalue weighted by molar-refractivity contribution is 5.98. The van der Waals surface area contributed by atoms with Gasteiger partial charge in [0.15, 0.2) is 5.78 Å². The molecule has 0 spiro atoms. The van der Waals surface area contributed by atoms with Crippen LogP contribution in [0.1, 0.15) is 23.2 Å². The van der Waals surface area contributed by atoms with Crippen molar-refractivity contribution in [3.05, 3.63) is 35.4 Å². The van der Waals surface area contributed by atoms with E-state index in [1.807, 2.05) is 0 Å². The molecule has 4 nitrogen and oxygen atoms in total. The molecule has 2 N–H and O–H groups in total. The molecule has 0 atom stereocenters. The number of hydrogen-bond donors (Lipinski definition) is 1. The third-order valence-electron chi connectivity index (χ3n) is 3.60. The van der Waals surface area contributed by atoms with Crippen LogP contribution < -0.4 is 5.73 Å². The fourth-order valence-electron chi connectivity index (χ4n) is 2.42. The van der Waals surface area contributed by atoms with Crippen LogP contribution in [-0.2, 0) is 4.79 Å². The Kier molecular flexibility index (Phi) is 4.44. The predicted molar refractivity (Wildman–Crippen MR) is 69.0 cm³/mol. The largest absolute Gasteiger partial charge is 0.369 e. The molecular formula is C14H16F2N2O2. The van der Waals surface area contributed by atoms with Crippen molar-refractivity contribution in [2.75, 3.05) is 19.6 Å². The second-order valence-corrected chi connectivity index (χ2v) is 4.97. The van der Waals surface area contributed by atoms with Gasteiger partial charge in [-0.15, -0.1) is 0 Å². The minimum Gasteiger partial charge on any atom is -0.369 e. The summed E-state index contributed by atoms with van der Waals surface area (Å²) in [5.74, 6) is -2.79. The Hall–Kier alpha value is -1.82. The van der Waals surface area contributed by atoms with E-state index in [1.54, 1.807) is 4.90 Å². The van der Waals surface area contributed by atoms with Gasteiger partial charge in [0.2, 0.25) is 5.91 Å². The molecule has 0 unspecified atom stereocenters. The maximum absolute atomic E-state index is 13.5. The number of carbonyl (C=O) groups is 2. The molecule has 0 aromatic heterocycles. The molecule has 0 saturated carbocycles. The predicted octanol–water partition coefficient (Wildman–Crippen LogP) is 1.34. The van der Waals surface area contributed by atoms with Crippen LogP contribution in [0.25, 0.3) is 0 Å². The van der Waals surface area contributed by atoms with E-state index in [2.05, 4.69) is 0 Å². The number of halogens is 2. The smallest absolute Gasteiger partial charge is 0.220 e. The van der Waals surface area contributed by atoms with Crippen molar-refractivity contribution in [1.82, 2.24) is 4.90 Å². The summed E-state index contributed by atoms with van der Waals surface area (Å²) in [6, 6.07) is 3.35. The molecule has 6 heteroatoms. The number of carbonyl (C=O) groups excluding carboxylic acids is 2. The summed E-state index contributed by atoms with van der Waals surface area (Å²) in [5.41, 5.74) is 4.73. The van der Waals surface area contributed by atoms with Crippen molar-refractivity contribution in [3.63, 3.8) is 0 Å². The number of amides is 1. The highest BCUT2D eigenvalue weighted by Gasteiger charge is 2.26. The Labute approximate surface area is 115 Å². The molecule has 0 aliphatic carbocycles. The summed E-state index contributed by atoms with van der Waals surface area (Å²) in [6.07, 6.45) is 1.14. The molecule has 1 aromatic rings. The first-order valence-electron chi connectivity index (χ1n) is 6.48. The maximum Gasteiger partial charge on any atom is 0.220 e. The minimum atomic E-state index is -0.845. The number of benzene rings is 1.